The van der Waals surface area contributed by atoms with E-state index in [1.165, 1.54) is 17.0 Å². The molecule has 7 heteroatoms. The number of carbonyl (C=O) groups excluding carboxylic acids is 1. The van der Waals surface area contributed by atoms with Gasteiger partial charge in [0.25, 0.3) is 0 Å². The standard InChI is InChI=1S/C13H18F3N3O/c1-8(2)19(7-12(18)20)11-4-3-9(6-17)5-10(11)13(14,15)16/h3-5,8H,6-7,17H2,1-2H3,(H2,18,20). The Bertz CT molecular complexity index is 486. The lowest BCUT2D eigenvalue weighted by atomic mass is 10.1. The number of alkyl halides is 3. The number of nitrogens with two attached hydrogens (primary N) is 2. The molecule has 1 aromatic carbocycles. The van der Waals surface area contributed by atoms with Crippen LogP contribution >= 0.6 is 0 Å². The fourth-order valence-electron chi connectivity index (χ4n) is 1.90. The molecule has 4 nitrogen and oxygen atoms in total. The largest absolute Gasteiger partial charge is 0.418 e. The van der Waals surface area contributed by atoms with Crippen LogP contribution in [0.15, 0.2) is 18.2 Å². The van der Waals surface area contributed by atoms with Crippen molar-refractivity contribution >= 4 is 11.6 Å². The van der Waals surface area contributed by atoms with Crippen molar-refractivity contribution in [3.8, 4) is 0 Å². The Hall–Kier alpha value is -1.76. The summed E-state index contributed by atoms with van der Waals surface area (Å²) in [6.45, 7) is 3.13. The first kappa shape index (κ1) is 16.3. The van der Waals surface area contributed by atoms with E-state index in [0.29, 0.717) is 5.56 Å². The SMILES string of the molecule is CC(C)N(CC(N)=O)c1ccc(CN)cc1C(F)(F)F. The van der Waals surface area contributed by atoms with Gasteiger partial charge in [0.15, 0.2) is 0 Å². The highest BCUT2D eigenvalue weighted by atomic mass is 19.4. The van der Waals surface area contributed by atoms with Gasteiger partial charge in [0.05, 0.1) is 12.1 Å². The van der Waals surface area contributed by atoms with Crippen LogP contribution in [0.5, 0.6) is 0 Å². The number of benzene rings is 1. The highest BCUT2D eigenvalue weighted by molar-refractivity contribution is 5.80. The Morgan fingerprint density at radius 1 is 1.35 bits per heavy atom. The average molecular weight is 289 g/mol. The van der Waals surface area contributed by atoms with Crippen LogP contribution in [0.2, 0.25) is 0 Å². The molecule has 0 atom stereocenters. The van der Waals surface area contributed by atoms with E-state index in [0.717, 1.165) is 6.07 Å². The predicted molar refractivity (Wildman–Crippen MR) is 71.0 cm³/mol. The van der Waals surface area contributed by atoms with Crippen molar-refractivity contribution in [1.82, 2.24) is 0 Å². The maximum atomic E-state index is 13.1. The number of rotatable bonds is 5. The summed E-state index contributed by atoms with van der Waals surface area (Å²) in [7, 11) is 0. The van der Waals surface area contributed by atoms with Gasteiger partial charge in [-0.15, -0.1) is 0 Å². The molecule has 1 rings (SSSR count). The predicted octanol–water partition coefficient (Wildman–Crippen LogP) is 1.86. The molecule has 1 aromatic rings. The second kappa shape index (κ2) is 6.13. The number of carbonyl (C=O) groups is 1. The molecule has 0 unspecified atom stereocenters. The Morgan fingerprint density at radius 2 is 1.95 bits per heavy atom. The molecule has 0 aliphatic rings. The van der Waals surface area contributed by atoms with Gasteiger partial charge in [0, 0.05) is 18.3 Å². The third-order valence-corrected chi connectivity index (χ3v) is 2.86. The molecule has 0 saturated carbocycles. The number of halogens is 3. The normalized spacial score (nSPS) is 11.8. The number of anilines is 1. The Labute approximate surface area is 115 Å². The summed E-state index contributed by atoms with van der Waals surface area (Å²) in [5.41, 5.74) is 9.98. The summed E-state index contributed by atoms with van der Waals surface area (Å²) in [4.78, 5) is 12.4. The van der Waals surface area contributed by atoms with Crippen molar-refractivity contribution < 1.29 is 18.0 Å². The summed E-state index contributed by atoms with van der Waals surface area (Å²) >= 11 is 0. The fraction of sp³-hybridized carbons (Fsp3) is 0.462. The van der Waals surface area contributed by atoms with E-state index < -0.39 is 17.6 Å². The average Bonchev–Trinajstić information content (AvgIpc) is 2.33. The molecule has 4 N–H and O–H groups in total. The van der Waals surface area contributed by atoms with Crippen LogP contribution in [0.25, 0.3) is 0 Å². The summed E-state index contributed by atoms with van der Waals surface area (Å²) in [6.07, 6.45) is -4.52. The summed E-state index contributed by atoms with van der Waals surface area (Å²) in [6, 6.07) is 3.55. The van der Waals surface area contributed by atoms with E-state index in [9.17, 15) is 18.0 Å². The third-order valence-electron chi connectivity index (χ3n) is 2.86. The number of primary amides is 1. The van der Waals surface area contributed by atoms with Gasteiger partial charge < -0.3 is 16.4 Å². The monoisotopic (exact) mass is 289 g/mol. The van der Waals surface area contributed by atoms with Gasteiger partial charge in [-0.05, 0) is 31.5 Å². The van der Waals surface area contributed by atoms with Crippen LogP contribution < -0.4 is 16.4 Å². The first-order valence-electron chi connectivity index (χ1n) is 6.12. The lowest BCUT2D eigenvalue weighted by molar-refractivity contribution is -0.137. The van der Waals surface area contributed by atoms with Gasteiger partial charge in [-0.25, -0.2) is 0 Å². The molecular formula is C13H18F3N3O. The van der Waals surface area contributed by atoms with Crippen LogP contribution in [0.3, 0.4) is 0 Å². The Kier molecular flexibility index (Phi) is 4.99. The number of amides is 1. The molecule has 20 heavy (non-hydrogen) atoms. The van der Waals surface area contributed by atoms with E-state index >= 15 is 0 Å². The lowest BCUT2D eigenvalue weighted by Gasteiger charge is -2.30. The molecule has 0 aliphatic heterocycles. The summed E-state index contributed by atoms with van der Waals surface area (Å²) in [5, 5.41) is 0. The molecule has 0 bridgehead atoms. The van der Waals surface area contributed by atoms with E-state index in [4.69, 9.17) is 11.5 Å². The van der Waals surface area contributed by atoms with Crippen molar-refractivity contribution in [3.05, 3.63) is 29.3 Å². The zero-order valence-corrected chi connectivity index (χ0v) is 11.4. The number of hydrogen-bond donors (Lipinski definition) is 2. The van der Waals surface area contributed by atoms with E-state index in [-0.39, 0.29) is 24.8 Å². The molecule has 0 aromatic heterocycles. The van der Waals surface area contributed by atoms with Crippen LogP contribution in [0.4, 0.5) is 18.9 Å². The molecule has 1 amide bonds. The first-order valence-corrected chi connectivity index (χ1v) is 6.12. The second-order valence-electron chi connectivity index (χ2n) is 4.74. The minimum atomic E-state index is -4.52. The number of hydrogen-bond acceptors (Lipinski definition) is 3. The van der Waals surface area contributed by atoms with Crippen LogP contribution in [0, 0.1) is 0 Å². The molecule has 0 heterocycles. The van der Waals surface area contributed by atoms with Crippen molar-refractivity contribution in [2.45, 2.75) is 32.6 Å². The van der Waals surface area contributed by atoms with Gasteiger partial charge in [-0.2, -0.15) is 13.2 Å². The van der Waals surface area contributed by atoms with Crippen LogP contribution in [-0.2, 0) is 17.5 Å². The van der Waals surface area contributed by atoms with Gasteiger partial charge >= 0.3 is 6.18 Å². The van der Waals surface area contributed by atoms with Crippen molar-refractivity contribution in [1.29, 1.82) is 0 Å². The Morgan fingerprint density at radius 3 is 2.35 bits per heavy atom. The van der Waals surface area contributed by atoms with Gasteiger partial charge in [-0.3, -0.25) is 4.79 Å². The highest BCUT2D eigenvalue weighted by Gasteiger charge is 2.35. The second-order valence-corrected chi connectivity index (χ2v) is 4.74. The molecule has 0 fully saturated rings. The highest BCUT2D eigenvalue weighted by Crippen LogP contribution is 2.37. The first-order chi connectivity index (χ1) is 9.16. The van der Waals surface area contributed by atoms with Gasteiger partial charge in [-0.1, -0.05) is 6.07 Å². The third kappa shape index (κ3) is 3.86. The zero-order chi connectivity index (χ0) is 15.5. The zero-order valence-electron chi connectivity index (χ0n) is 11.4. The van der Waals surface area contributed by atoms with E-state index in [1.54, 1.807) is 13.8 Å². The molecular weight excluding hydrogens is 271 g/mol. The maximum Gasteiger partial charge on any atom is 0.418 e. The number of nitrogens with zero attached hydrogens (tertiary/aromatic N) is 1. The van der Waals surface area contributed by atoms with Crippen molar-refractivity contribution in [2.24, 2.45) is 11.5 Å². The lowest BCUT2D eigenvalue weighted by Crippen LogP contribution is -2.39. The van der Waals surface area contributed by atoms with Gasteiger partial charge in [0.1, 0.15) is 0 Å². The topological polar surface area (TPSA) is 72.3 Å². The van der Waals surface area contributed by atoms with Crippen LogP contribution in [0.1, 0.15) is 25.0 Å². The van der Waals surface area contributed by atoms with Crippen molar-refractivity contribution in [3.63, 3.8) is 0 Å². The van der Waals surface area contributed by atoms with Gasteiger partial charge in [0.2, 0.25) is 5.91 Å². The molecule has 112 valence electrons. The quantitative estimate of drug-likeness (QED) is 0.869. The van der Waals surface area contributed by atoms with E-state index in [2.05, 4.69) is 0 Å². The minimum Gasteiger partial charge on any atom is -0.368 e. The minimum absolute atomic E-state index is 0.0147. The Balaban J connectivity index is 3.36. The molecule has 0 radical (unpaired) electrons. The van der Waals surface area contributed by atoms with Crippen molar-refractivity contribution in [2.75, 3.05) is 11.4 Å². The van der Waals surface area contributed by atoms with Crippen LogP contribution in [-0.4, -0.2) is 18.5 Å². The fourth-order valence-corrected chi connectivity index (χ4v) is 1.90. The summed E-state index contributed by atoms with van der Waals surface area (Å²) in [5.74, 6) is -0.685. The van der Waals surface area contributed by atoms with E-state index in [1.807, 2.05) is 0 Å². The molecule has 0 aliphatic carbocycles. The molecule has 0 saturated heterocycles. The molecule has 0 spiro atoms. The maximum absolute atomic E-state index is 13.1. The smallest absolute Gasteiger partial charge is 0.368 e. The summed E-state index contributed by atoms with van der Waals surface area (Å²) < 4.78 is 39.4.